The minimum absolute atomic E-state index is 0.122. The molecule has 1 heterocycles. The van der Waals surface area contributed by atoms with Crippen molar-refractivity contribution in [3.8, 4) is 11.5 Å². The second-order valence-corrected chi connectivity index (χ2v) is 6.49. The fourth-order valence-electron chi connectivity index (χ4n) is 3.58. The summed E-state index contributed by atoms with van der Waals surface area (Å²) in [5, 5.41) is 9.11. The average molecular weight is 355 g/mol. The second-order valence-electron chi connectivity index (χ2n) is 6.49. The third-order valence-corrected chi connectivity index (χ3v) is 5.16. The highest BCUT2D eigenvalue weighted by Gasteiger charge is 2.59. The lowest BCUT2D eigenvalue weighted by molar-refractivity contribution is -0.139. The van der Waals surface area contributed by atoms with Gasteiger partial charge in [-0.25, -0.2) is 0 Å². The number of piperidine rings is 1. The number of rotatable bonds is 5. The maximum absolute atomic E-state index is 12.6. The van der Waals surface area contributed by atoms with Gasteiger partial charge in [-0.15, -0.1) is 0 Å². The van der Waals surface area contributed by atoms with E-state index in [2.05, 4.69) is 4.74 Å². The maximum Gasteiger partial charge on any atom is 0.387 e. The van der Waals surface area contributed by atoms with Crippen molar-refractivity contribution in [3.63, 3.8) is 0 Å². The zero-order valence-electron chi connectivity index (χ0n) is 13.7. The topological polar surface area (TPSA) is 76.1 Å². The highest BCUT2D eigenvalue weighted by atomic mass is 19.3. The summed E-state index contributed by atoms with van der Waals surface area (Å²) in [7, 11) is 1.33. The number of amides is 1. The number of likely N-dealkylation sites (tertiary alicyclic amines) is 1. The summed E-state index contributed by atoms with van der Waals surface area (Å²) in [6.07, 6.45) is 1.96. The summed E-state index contributed by atoms with van der Waals surface area (Å²) in [6, 6.07) is 4.16. The highest BCUT2D eigenvalue weighted by Crippen LogP contribution is 2.59. The minimum Gasteiger partial charge on any atom is -0.493 e. The van der Waals surface area contributed by atoms with Gasteiger partial charge in [0.15, 0.2) is 11.5 Å². The Labute approximate surface area is 143 Å². The smallest absolute Gasteiger partial charge is 0.387 e. The lowest BCUT2D eigenvalue weighted by Gasteiger charge is -2.32. The Bertz CT molecular complexity index is 686. The molecule has 1 atom stereocenters. The molecule has 0 aromatic heterocycles. The molecule has 2 fully saturated rings. The van der Waals surface area contributed by atoms with Crippen LogP contribution in [0.15, 0.2) is 18.2 Å². The zero-order valence-corrected chi connectivity index (χ0v) is 13.7. The molecule has 1 saturated heterocycles. The number of carboxylic acid groups (broad SMARTS) is 1. The number of carboxylic acids is 1. The fraction of sp³-hybridized carbons (Fsp3) is 0.529. The van der Waals surface area contributed by atoms with Gasteiger partial charge in [0, 0.05) is 18.7 Å². The Morgan fingerprint density at radius 3 is 2.48 bits per heavy atom. The predicted octanol–water partition coefficient (Wildman–Crippen LogP) is 2.62. The Kier molecular flexibility index (Phi) is 4.53. The third kappa shape index (κ3) is 3.38. The van der Waals surface area contributed by atoms with Crippen molar-refractivity contribution in [1.29, 1.82) is 0 Å². The van der Waals surface area contributed by atoms with Gasteiger partial charge in [0.25, 0.3) is 5.91 Å². The number of hydrogen-bond acceptors (Lipinski definition) is 4. The van der Waals surface area contributed by atoms with Gasteiger partial charge in [0.2, 0.25) is 0 Å². The number of carbonyl (C=O) groups is 2. The SMILES string of the molecule is COc1ccc(C(=O)N2CCC3(CC2)CC3C(=O)O)cc1OC(F)F. The van der Waals surface area contributed by atoms with Gasteiger partial charge < -0.3 is 19.5 Å². The lowest BCUT2D eigenvalue weighted by Crippen LogP contribution is -2.40. The largest absolute Gasteiger partial charge is 0.493 e. The number of nitrogens with zero attached hydrogens (tertiary/aromatic N) is 1. The van der Waals surface area contributed by atoms with Crippen LogP contribution >= 0.6 is 0 Å². The Morgan fingerprint density at radius 1 is 1.28 bits per heavy atom. The Morgan fingerprint density at radius 2 is 1.96 bits per heavy atom. The number of hydrogen-bond donors (Lipinski definition) is 1. The van der Waals surface area contributed by atoms with Gasteiger partial charge >= 0.3 is 12.6 Å². The maximum atomic E-state index is 12.6. The van der Waals surface area contributed by atoms with Crippen LogP contribution < -0.4 is 9.47 Å². The summed E-state index contributed by atoms with van der Waals surface area (Å²) in [5.74, 6) is -1.44. The Balaban J connectivity index is 1.69. The molecule has 1 N–H and O–H groups in total. The standard InChI is InChI=1S/C17H19F2NO5/c1-24-12-3-2-10(8-13(12)25-16(18)19)14(21)20-6-4-17(5-7-20)9-11(17)15(22)23/h2-3,8,11,16H,4-7,9H2,1H3,(H,22,23). The van der Waals surface area contributed by atoms with Crippen LogP contribution in [0.25, 0.3) is 0 Å². The second kappa shape index (κ2) is 6.50. The van der Waals surface area contributed by atoms with Crippen molar-refractivity contribution >= 4 is 11.9 Å². The summed E-state index contributed by atoms with van der Waals surface area (Å²) in [4.78, 5) is 25.3. The molecule has 1 aliphatic carbocycles. The molecule has 2 aliphatic rings. The fourth-order valence-corrected chi connectivity index (χ4v) is 3.58. The normalized spacial score (nSPS) is 21.3. The number of methoxy groups -OCH3 is 1. The van der Waals surface area contributed by atoms with E-state index in [0.717, 1.165) is 0 Å². The van der Waals surface area contributed by atoms with Crippen LogP contribution in [0.5, 0.6) is 11.5 Å². The van der Waals surface area contributed by atoms with Gasteiger partial charge in [-0.2, -0.15) is 8.78 Å². The number of benzene rings is 1. The first-order valence-electron chi connectivity index (χ1n) is 8.01. The van der Waals surface area contributed by atoms with Crippen LogP contribution in [0.2, 0.25) is 0 Å². The lowest BCUT2D eigenvalue weighted by atomic mass is 9.90. The molecular weight excluding hydrogens is 336 g/mol. The van der Waals surface area contributed by atoms with Crippen LogP contribution in [0.3, 0.4) is 0 Å². The van der Waals surface area contributed by atoms with Crippen LogP contribution in [0.1, 0.15) is 29.6 Å². The van der Waals surface area contributed by atoms with Gasteiger partial charge in [0.05, 0.1) is 13.0 Å². The van der Waals surface area contributed by atoms with E-state index in [1.807, 2.05) is 0 Å². The number of carbonyl (C=O) groups excluding carboxylic acids is 1. The van der Waals surface area contributed by atoms with Crippen molar-refractivity contribution in [1.82, 2.24) is 4.90 Å². The number of aliphatic carboxylic acids is 1. The van der Waals surface area contributed by atoms with Gasteiger partial charge in [-0.05, 0) is 42.9 Å². The molecule has 1 saturated carbocycles. The first-order chi connectivity index (χ1) is 11.9. The van der Waals surface area contributed by atoms with E-state index in [9.17, 15) is 18.4 Å². The van der Waals surface area contributed by atoms with Crippen molar-refractivity contribution < 1.29 is 33.0 Å². The van der Waals surface area contributed by atoms with E-state index in [4.69, 9.17) is 9.84 Å². The highest BCUT2D eigenvalue weighted by molar-refractivity contribution is 5.95. The number of ether oxygens (including phenoxy) is 2. The van der Waals surface area contributed by atoms with Gasteiger partial charge in [-0.1, -0.05) is 0 Å². The molecular formula is C17H19F2NO5. The molecule has 1 aromatic carbocycles. The summed E-state index contributed by atoms with van der Waals surface area (Å²) < 4.78 is 34.4. The molecule has 0 bridgehead atoms. The number of halogens is 2. The van der Waals surface area contributed by atoms with Crippen molar-refractivity contribution in [3.05, 3.63) is 23.8 Å². The van der Waals surface area contributed by atoms with E-state index in [1.165, 1.54) is 25.3 Å². The third-order valence-electron chi connectivity index (χ3n) is 5.16. The van der Waals surface area contributed by atoms with Crippen molar-refractivity contribution in [2.75, 3.05) is 20.2 Å². The molecule has 25 heavy (non-hydrogen) atoms. The van der Waals surface area contributed by atoms with E-state index in [0.29, 0.717) is 32.4 Å². The van der Waals surface area contributed by atoms with Gasteiger partial charge in [-0.3, -0.25) is 9.59 Å². The average Bonchev–Trinajstić information content (AvgIpc) is 3.28. The minimum atomic E-state index is -3.02. The van der Waals surface area contributed by atoms with E-state index in [1.54, 1.807) is 4.90 Å². The Hall–Kier alpha value is -2.38. The molecule has 6 nitrogen and oxygen atoms in total. The molecule has 1 aromatic rings. The summed E-state index contributed by atoms with van der Waals surface area (Å²) in [5.41, 5.74) is 0.0601. The summed E-state index contributed by atoms with van der Waals surface area (Å²) in [6.45, 7) is -2.10. The zero-order chi connectivity index (χ0) is 18.2. The van der Waals surface area contributed by atoms with E-state index < -0.39 is 12.6 Å². The molecule has 1 spiro atoms. The molecule has 0 radical (unpaired) electrons. The molecule has 1 amide bonds. The molecule has 1 unspecified atom stereocenters. The monoisotopic (exact) mass is 355 g/mol. The van der Waals surface area contributed by atoms with Crippen molar-refractivity contribution in [2.24, 2.45) is 11.3 Å². The number of alkyl halides is 2. The van der Waals surface area contributed by atoms with E-state index in [-0.39, 0.29) is 34.3 Å². The summed E-state index contributed by atoms with van der Waals surface area (Å²) >= 11 is 0. The first kappa shape index (κ1) is 17.4. The van der Waals surface area contributed by atoms with Crippen LogP contribution in [-0.2, 0) is 4.79 Å². The van der Waals surface area contributed by atoms with Crippen LogP contribution in [0, 0.1) is 11.3 Å². The predicted molar refractivity (Wildman–Crippen MR) is 82.9 cm³/mol. The molecule has 8 heteroatoms. The van der Waals surface area contributed by atoms with Gasteiger partial charge in [0.1, 0.15) is 0 Å². The van der Waals surface area contributed by atoms with E-state index >= 15 is 0 Å². The van der Waals surface area contributed by atoms with Crippen LogP contribution in [0.4, 0.5) is 8.78 Å². The van der Waals surface area contributed by atoms with Crippen LogP contribution in [-0.4, -0.2) is 48.7 Å². The molecule has 3 rings (SSSR count). The molecule has 1 aliphatic heterocycles. The van der Waals surface area contributed by atoms with Crippen molar-refractivity contribution in [2.45, 2.75) is 25.9 Å². The quantitative estimate of drug-likeness (QED) is 0.879. The molecule has 136 valence electrons. The first-order valence-corrected chi connectivity index (χ1v) is 8.01.